The number of rotatable bonds is 7. The minimum Gasteiger partial charge on any atom is -0.256 e. The minimum absolute atomic E-state index is 0.619. The highest BCUT2D eigenvalue weighted by molar-refractivity contribution is 5.94. The van der Waals surface area contributed by atoms with Crippen LogP contribution in [0.25, 0.3) is 100 Å². The highest BCUT2D eigenvalue weighted by atomic mass is 15.0. The smallest absolute Gasteiger partial charge is 0.164 e. The first-order valence-electron chi connectivity index (χ1n) is 19.2. The van der Waals surface area contributed by atoms with E-state index in [0.717, 1.165) is 82.9 Å². The monoisotopic (exact) mass is 739 g/mol. The Bertz CT molecular complexity index is 3090. The average Bonchev–Trinajstić information content (AvgIpc) is 3.31. The summed E-state index contributed by atoms with van der Waals surface area (Å²) in [5, 5.41) is 13.4. The predicted octanol–water partition coefficient (Wildman–Crippen LogP) is 13.1. The number of nitrogens with zero attached hydrogens (tertiary/aromatic N) is 5. The Labute approximate surface area is 336 Å². The van der Waals surface area contributed by atoms with Gasteiger partial charge in [0.05, 0.1) is 17.1 Å². The van der Waals surface area contributed by atoms with E-state index in [0.29, 0.717) is 23.0 Å². The van der Waals surface area contributed by atoms with Gasteiger partial charge in [0.15, 0.2) is 17.5 Å². The number of fused-ring (bicyclic) bond motifs is 2. The Morgan fingerprint density at radius 3 is 1.41 bits per heavy atom. The lowest BCUT2D eigenvalue weighted by molar-refractivity contribution is 1.07. The summed E-state index contributed by atoms with van der Waals surface area (Å²) in [5.74, 6) is 1.90. The van der Waals surface area contributed by atoms with Gasteiger partial charge in [-0.05, 0) is 86.1 Å². The highest BCUT2D eigenvalue weighted by Crippen LogP contribution is 2.35. The van der Waals surface area contributed by atoms with Gasteiger partial charge in [-0.3, -0.25) is 4.98 Å². The maximum absolute atomic E-state index is 10.1. The first-order chi connectivity index (χ1) is 28.6. The molecule has 8 aromatic carbocycles. The largest absolute Gasteiger partial charge is 0.256 e. The van der Waals surface area contributed by atoms with Gasteiger partial charge >= 0.3 is 0 Å². The van der Waals surface area contributed by atoms with E-state index >= 15 is 0 Å². The molecular weight excluding hydrogens is 707 g/mol. The zero-order valence-electron chi connectivity index (χ0n) is 31.3. The third-order valence-electron chi connectivity index (χ3n) is 10.6. The highest BCUT2D eigenvalue weighted by Gasteiger charge is 2.13. The van der Waals surface area contributed by atoms with Crippen molar-refractivity contribution in [2.75, 3.05) is 0 Å². The molecule has 5 nitrogen and oxygen atoms in total. The number of hydrogen-bond acceptors (Lipinski definition) is 5. The fourth-order valence-corrected chi connectivity index (χ4v) is 7.56. The molecular formula is C53H33N5. The van der Waals surface area contributed by atoms with Gasteiger partial charge in [0.1, 0.15) is 0 Å². The van der Waals surface area contributed by atoms with Crippen LogP contribution < -0.4 is 0 Å². The molecule has 0 aliphatic carbocycles. The summed E-state index contributed by atoms with van der Waals surface area (Å²) >= 11 is 0. The summed E-state index contributed by atoms with van der Waals surface area (Å²) in [6.45, 7) is 0. The standard InChI is InChI=1S/C53H33N5/c54-34-35-29-46(37-16-22-39(23-17-37)49-15-7-13-40-14-8-28-55-50(40)49)33-47(30-35)45-27-21-38-20-26-44(31-48(38)32-45)36-18-24-43(25-19-36)53-57-51(41-9-3-1-4-10-41)56-52(58-53)42-11-5-2-6-12-42/h1-33H. The molecule has 5 heteroatoms. The Kier molecular flexibility index (Phi) is 8.83. The lowest BCUT2D eigenvalue weighted by atomic mass is 9.93. The van der Waals surface area contributed by atoms with Crippen LogP contribution in [0.2, 0.25) is 0 Å². The van der Waals surface area contributed by atoms with E-state index in [-0.39, 0.29) is 0 Å². The summed E-state index contributed by atoms with van der Waals surface area (Å²) in [6.07, 6.45) is 1.84. The Balaban J connectivity index is 0.956. The molecule has 2 aromatic heterocycles. The molecule has 0 aliphatic rings. The van der Waals surface area contributed by atoms with Gasteiger partial charge < -0.3 is 0 Å². The van der Waals surface area contributed by atoms with E-state index in [1.807, 2.05) is 85.1 Å². The molecule has 0 atom stereocenters. The van der Waals surface area contributed by atoms with Crippen LogP contribution in [-0.4, -0.2) is 19.9 Å². The van der Waals surface area contributed by atoms with Crippen LogP contribution in [0.1, 0.15) is 5.56 Å². The zero-order valence-corrected chi connectivity index (χ0v) is 31.3. The number of benzene rings is 8. The maximum Gasteiger partial charge on any atom is 0.164 e. The number of pyridine rings is 1. The number of hydrogen-bond donors (Lipinski definition) is 0. The van der Waals surface area contributed by atoms with Crippen LogP contribution in [0.4, 0.5) is 0 Å². The van der Waals surface area contributed by atoms with Crippen LogP contribution in [0.3, 0.4) is 0 Å². The Hall–Kier alpha value is -8.07. The molecule has 0 amide bonds. The van der Waals surface area contributed by atoms with E-state index in [9.17, 15) is 5.26 Å². The molecule has 2 heterocycles. The van der Waals surface area contributed by atoms with Crippen molar-refractivity contribution < 1.29 is 0 Å². The molecule has 10 aromatic rings. The fourth-order valence-electron chi connectivity index (χ4n) is 7.56. The second-order valence-corrected chi connectivity index (χ2v) is 14.3. The fraction of sp³-hybridized carbons (Fsp3) is 0. The van der Waals surface area contributed by atoms with E-state index in [4.69, 9.17) is 15.0 Å². The van der Waals surface area contributed by atoms with Crippen molar-refractivity contribution in [3.05, 3.63) is 206 Å². The molecule has 0 saturated heterocycles. The van der Waals surface area contributed by atoms with Gasteiger partial charge in [-0.1, -0.05) is 158 Å². The van der Waals surface area contributed by atoms with Gasteiger partial charge in [0.25, 0.3) is 0 Å². The van der Waals surface area contributed by atoms with E-state index < -0.39 is 0 Å². The lowest BCUT2D eigenvalue weighted by Crippen LogP contribution is -2.00. The van der Waals surface area contributed by atoms with Crippen molar-refractivity contribution in [2.45, 2.75) is 0 Å². The molecule has 270 valence electrons. The molecule has 10 rings (SSSR count). The second-order valence-electron chi connectivity index (χ2n) is 14.3. The molecule has 0 aliphatic heterocycles. The maximum atomic E-state index is 10.1. The van der Waals surface area contributed by atoms with Crippen LogP contribution in [0.5, 0.6) is 0 Å². The molecule has 0 bridgehead atoms. The zero-order chi connectivity index (χ0) is 38.8. The van der Waals surface area contributed by atoms with Crippen molar-refractivity contribution in [3.63, 3.8) is 0 Å². The number of aromatic nitrogens is 4. The van der Waals surface area contributed by atoms with Crippen molar-refractivity contribution in [2.24, 2.45) is 0 Å². The van der Waals surface area contributed by atoms with Crippen molar-refractivity contribution in [1.82, 2.24) is 19.9 Å². The van der Waals surface area contributed by atoms with Gasteiger partial charge in [-0.15, -0.1) is 0 Å². The van der Waals surface area contributed by atoms with Gasteiger partial charge in [0, 0.05) is 33.8 Å². The van der Waals surface area contributed by atoms with Crippen LogP contribution in [0.15, 0.2) is 200 Å². The molecule has 0 unspecified atom stereocenters. The first kappa shape index (κ1) is 34.4. The predicted molar refractivity (Wildman–Crippen MR) is 235 cm³/mol. The second kappa shape index (κ2) is 14.9. The Morgan fingerprint density at radius 2 is 0.810 bits per heavy atom. The third-order valence-corrected chi connectivity index (χ3v) is 10.6. The van der Waals surface area contributed by atoms with Crippen LogP contribution in [-0.2, 0) is 0 Å². The molecule has 0 radical (unpaired) electrons. The summed E-state index contributed by atoms with van der Waals surface area (Å²) in [4.78, 5) is 19.3. The first-order valence-corrected chi connectivity index (χ1v) is 19.2. The lowest BCUT2D eigenvalue weighted by Gasteiger charge is -2.11. The van der Waals surface area contributed by atoms with Gasteiger partial charge in [-0.25, -0.2) is 15.0 Å². The number of para-hydroxylation sites is 1. The quantitative estimate of drug-likeness (QED) is 0.163. The molecule has 0 fully saturated rings. The third kappa shape index (κ3) is 6.76. The van der Waals surface area contributed by atoms with Crippen molar-refractivity contribution in [1.29, 1.82) is 5.26 Å². The Morgan fingerprint density at radius 1 is 0.328 bits per heavy atom. The summed E-state index contributed by atoms with van der Waals surface area (Å²) in [5.41, 5.74) is 12.9. The summed E-state index contributed by atoms with van der Waals surface area (Å²) < 4.78 is 0. The van der Waals surface area contributed by atoms with E-state index in [1.54, 1.807) is 0 Å². The molecule has 0 saturated carbocycles. The summed E-state index contributed by atoms with van der Waals surface area (Å²) in [6, 6.07) is 68.8. The number of nitriles is 1. The summed E-state index contributed by atoms with van der Waals surface area (Å²) in [7, 11) is 0. The van der Waals surface area contributed by atoms with E-state index in [1.165, 1.54) is 0 Å². The molecule has 58 heavy (non-hydrogen) atoms. The normalized spacial score (nSPS) is 11.1. The topological polar surface area (TPSA) is 75.3 Å². The van der Waals surface area contributed by atoms with Crippen molar-refractivity contribution >= 4 is 21.7 Å². The average molecular weight is 740 g/mol. The van der Waals surface area contributed by atoms with Gasteiger partial charge in [-0.2, -0.15) is 5.26 Å². The SMILES string of the molecule is N#Cc1cc(-c2ccc(-c3cccc4cccnc34)cc2)cc(-c2ccc3ccc(-c4ccc(-c5nc(-c6ccccc6)nc(-c6ccccc6)n5)cc4)cc3c2)c1. The minimum atomic E-state index is 0.619. The molecule has 0 spiro atoms. The van der Waals surface area contributed by atoms with Crippen LogP contribution >= 0.6 is 0 Å². The van der Waals surface area contributed by atoms with Gasteiger partial charge in [0.2, 0.25) is 0 Å². The molecule has 0 N–H and O–H groups in total. The van der Waals surface area contributed by atoms with E-state index in [2.05, 4.69) is 126 Å². The van der Waals surface area contributed by atoms with Crippen LogP contribution in [0, 0.1) is 11.3 Å². The van der Waals surface area contributed by atoms with Crippen molar-refractivity contribution in [3.8, 4) is 84.7 Å².